The number of hydrogen-bond donors (Lipinski definition) is 3. The van der Waals surface area contributed by atoms with Gasteiger partial charge in [0.2, 0.25) is 17.8 Å². The average molecular weight is 852 g/mol. The first-order chi connectivity index (χ1) is 30.6. The Bertz CT molecular complexity index is 2680. The third kappa shape index (κ3) is 7.44. The predicted molar refractivity (Wildman–Crippen MR) is 239 cm³/mol. The molecule has 5 aliphatic rings. The van der Waals surface area contributed by atoms with Gasteiger partial charge in [-0.15, -0.1) is 6.58 Å². The first-order valence-corrected chi connectivity index (χ1v) is 22.3. The van der Waals surface area contributed by atoms with Gasteiger partial charge in [-0.25, -0.2) is 19.3 Å². The van der Waals surface area contributed by atoms with E-state index in [4.69, 9.17) is 9.97 Å². The SMILES string of the molecule is C=CCn1c(=O)c2cnc(Nc3ccc(N4CCN(CC5CCN(c6cccc7c6CN(C6CCC(=O)NC6=O)C7=O)CC5)CC4)cc3)nc2n1-c1ccc2c(n1)[C@@](O)(CC)CC2. The lowest BCUT2D eigenvalue weighted by molar-refractivity contribution is -0.136. The van der Waals surface area contributed by atoms with E-state index in [0.29, 0.717) is 65.8 Å². The zero-order chi connectivity index (χ0) is 43.4. The van der Waals surface area contributed by atoms with Crippen molar-refractivity contribution in [1.29, 1.82) is 0 Å². The number of rotatable bonds is 11. The van der Waals surface area contributed by atoms with Gasteiger partial charge in [-0.2, -0.15) is 4.98 Å². The lowest BCUT2D eigenvalue weighted by atomic mass is 9.94. The van der Waals surface area contributed by atoms with Gasteiger partial charge >= 0.3 is 0 Å². The van der Waals surface area contributed by atoms with E-state index in [1.165, 1.54) is 0 Å². The monoisotopic (exact) mass is 851 g/mol. The maximum atomic E-state index is 13.6. The zero-order valence-electron chi connectivity index (χ0n) is 35.6. The molecule has 63 heavy (non-hydrogen) atoms. The number of aryl methyl sites for hydroxylation is 1. The number of carbonyl (C=O) groups excluding carboxylic acids is 3. The number of piperidine rings is 2. The lowest BCUT2D eigenvalue weighted by Gasteiger charge is -2.40. The topological polar surface area (TPSA) is 174 Å². The largest absolute Gasteiger partial charge is 0.384 e. The number of piperazine rings is 1. The van der Waals surface area contributed by atoms with Crippen LogP contribution in [0.25, 0.3) is 16.9 Å². The summed E-state index contributed by atoms with van der Waals surface area (Å²) in [4.78, 5) is 74.5. The van der Waals surface area contributed by atoms with Crippen molar-refractivity contribution in [2.24, 2.45) is 5.92 Å². The minimum absolute atomic E-state index is 0.131. The van der Waals surface area contributed by atoms with Gasteiger partial charge in [0.15, 0.2) is 11.5 Å². The van der Waals surface area contributed by atoms with Gasteiger partial charge in [0.25, 0.3) is 11.5 Å². The highest BCUT2D eigenvalue weighted by Gasteiger charge is 2.41. The highest BCUT2D eigenvalue weighted by molar-refractivity contribution is 6.06. The van der Waals surface area contributed by atoms with E-state index in [-0.39, 0.29) is 36.2 Å². The Morgan fingerprint density at radius 3 is 2.46 bits per heavy atom. The van der Waals surface area contributed by atoms with Crippen LogP contribution in [-0.4, -0.2) is 109 Å². The fourth-order valence-corrected chi connectivity index (χ4v) is 10.3. The van der Waals surface area contributed by atoms with E-state index in [2.05, 4.69) is 55.1 Å². The molecule has 16 heteroatoms. The van der Waals surface area contributed by atoms with E-state index in [9.17, 15) is 24.3 Å². The number of hydrogen-bond acceptors (Lipinski definition) is 12. The predicted octanol–water partition coefficient (Wildman–Crippen LogP) is 4.25. The maximum Gasteiger partial charge on any atom is 0.278 e. The summed E-state index contributed by atoms with van der Waals surface area (Å²) in [5.74, 6) is 0.659. The maximum absolute atomic E-state index is 13.6. The molecule has 1 aliphatic carbocycles. The molecule has 7 heterocycles. The number of aromatic nitrogens is 5. The fourth-order valence-electron chi connectivity index (χ4n) is 10.3. The van der Waals surface area contributed by atoms with Crippen molar-refractivity contribution in [3.8, 4) is 5.82 Å². The Kier molecular flexibility index (Phi) is 10.6. The second-order valence-corrected chi connectivity index (χ2v) is 17.6. The standard InChI is InChI=1S/C47H53N11O5/c1-3-20-57-45(62)35-27-48-46(52-42(35)58(57)39-14-8-31-16-19-47(63,4-2)41(31)50-39)49-32-9-11-33(12-10-32)54-25-23-53(24-26-54)28-30-17-21-55(22-18-30)37-7-5-6-34-36(37)29-56(44(34)61)38-13-15-40(59)51-43(38)60/h3,5-12,14,27,30,38,63H,1,4,13,15-26,28-29H2,2H3,(H,48,49,52)(H,51,59,60)/t38?,47-/m1/s1. The Morgan fingerprint density at radius 2 is 1.71 bits per heavy atom. The molecule has 2 atom stereocenters. The fraction of sp³-hybridized carbons (Fsp3) is 0.426. The molecule has 3 fully saturated rings. The summed E-state index contributed by atoms with van der Waals surface area (Å²) in [6.07, 6.45) is 7.90. The van der Waals surface area contributed by atoms with Crippen LogP contribution in [0.1, 0.15) is 72.6 Å². The zero-order valence-corrected chi connectivity index (χ0v) is 35.6. The van der Waals surface area contributed by atoms with Gasteiger partial charge in [0.1, 0.15) is 17.0 Å². The highest BCUT2D eigenvalue weighted by Crippen LogP contribution is 2.39. The second kappa shape index (κ2) is 16.4. The average Bonchev–Trinajstić information content (AvgIpc) is 3.92. The minimum atomic E-state index is -0.997. The van der Waals surface area contributed by atoms with E-state index in [1.54, 1.807) is 26.5 Å². The van der Waals surface area contributed by atoms with Gasteiger partial charge in [-0.05, 0) is 92.5 Å². The summed E-state index contributed by atoms with van der Waals surface area (Å²) in [6.45, 7) is 13.2. The van der Waals surface area contributed by atoms with E-state index in [1.807, 2.05) is 43.3 Å². The Hall–Kier alpha value is -6.39. The molecule has 5 aromatic rings. The normalized spacial score (nSPS) is 21.8. The number of allylic oxidation sites excluding steroid dienone is 1. The molecule has 0 spiro atoms. The van der Waals surface area contributed by atoms with E-state index < -0.39 is 11.6 Å². The molecule has 4 aliphatic heterocycles. The number of pyridine rings is 1. The summed E-state index contributed by atoms with van der Waals surface area (Å²) in [5.41, 5.74) is 5.56. The van der Waals surface area contributed by atoms with Crippen LogP contribution < -0.4 is 26.0 Å². The summed E-state index contributed by atoms with van der Waals surface area (Å²) in [5, 5.41) is 17.4. The number of amides is 3. The lowest BCUT2D eigenvalue weighted by Crippen LogP contribution is -2.52. The molecule has 0 bridgehead atoms. The molecule has 3 N–H and O–H groups in total. The van der Waals surface area contributed by atoms with Crippen LogP contribution in [0.5, 0.6) is 0 Å². The van der Waals surface area contributed by atoms with Crippen molar-refractivity contribution in [3.05, 3.63) is 106 Å². The molecule has 0 radical (unpaired) electrons. The number of nitrogens with zero attached hydrogens (tertiary/aromatic N) is 9. The number of anilines is 4. The van der Waals surface area contributed by atoms with Crippen molar-refractivity contribution in [1.82, 2.24) is 39.4 Å². The molecule has 3 amide bonds. The third-order valence-corrected chi connectivity index (χ3v) is 13.9. The summed E-state index contributed by atoms with van der Waals surface area (Å²) >= 11 is 0. The van der Waals surface area contributed by atoms with Gasteiger partial charge in [0.05, 0.1) is 12.2 Å². The number of carbonyl (C=O) groups is 3. The third-order valence-electron chi connectivity index (χ3n) is 13.9. The first kappa shape index (κ1) is 40.7. The van der Waals surface area contributed by atoms with Crippen LogP contribution in [0.3, 0.4) is 0 Å². The highest BCUT2D eigenvalue weighted by atomic mass is 16.3. The van der Waals surface area contributed by atoms with Gasteiger partial charge in [-0.3, -0.25) is 29.4 Å². The number of aliphatic hydroxyl groups is 1. The molecule has 0 saturated carbocycles. The van der Waals surface area contributed by atoms with Gasteiger partial charge in [0, 0.05) is 93.2 Å². The second-order valence-electron chi connectivity index (χ2n) is 17.6. The van der Waals surface area contributed by atoms with Crippen molar-refractivity contribution >= 4 is 51.8 Å². The molecule has 16 nitrogen and oxygen atoms in total. The van der Waals surface area contributed by atoms with Crippen LogP contribution in [0, 0.1) is 5.92 Å². The molecular weight excluding hydrogens is 799 g/mol. The van der Waals surface area contributed by atoms with Crippen molar-refractivity contribution in [2.45, 2.75) is 76.6 Å². The molecule has 10 rings (SSSR count). The van der Waals surface area contributed by atoms with Gasteiger partial charge in [-0.1, -0.05) is 25.1 Å². The number of benzene rings is 2. The Morgan fingerprint density at radius 1 is 0.921 bits per heavy atom. The van der Waals surface area contributed by atoms with E-state index in [0.717, 1.165) is 93.3 Å². The van der Waals surface area contributed by atoms with Crippen molar-refractivity contribution in [3.63, 3.8) is 0 Å². The van der Waals surface area contributed by atoms with Crippen LogP contribution in [-0.2, 0) is 34.7 Å². The minimum Gasteiger partial charge on any atom is -0.384 e. The molecule has 2 aromatic carbocycles. The quantitative estimate of drug-likeness (QED) is 0.128. The van der Waals surface area contributed by atoms with Crippen LogP contribution in [0.4, 0.5) is 23.0 Å². The number of imide groups is 1. The van der Waals surface area contributed by atoms with Crippen LogP contribution >= 0.6 is 0 Å². The van der Waals surface area contributed by atoms with Crippen molar-refractivity contribution < 1.29 is 19.5 Å². The van der Waals surface area contributed by atoms with Crippen LogP contribution in [0.2, 0.25) is 0 Å². The van der Waals surface area contributed by atoms with Gasteiger partial charge < -0.3 is 25.1 Å². The Labute approximate surface area is 365 Å². The van der Waals surface area contributed by atoms with Crippen molar-refractivity contribution in [2.75, 3.05) is 60.9 Å². The first-order valence-electron chi connectivity index (χ1n) is 22.3. The Balaban J connectivity index is 0.744. The molecule has 326 valence electrons. The summed E-state index contributed by atoms with van der Waals surface area (Å²) in [7, 11) is 0. The smallest absolute Gasteiger partial charge is 0.278 e. The molecular formula is C47H53N11O5. The summed E-state index contributed by atoms with van der Waals surface area (Å²) < 4.78 is 3.25. The molecule has 3 saturated heterocycles. The van der Waals surface area contributed by atoms with Crippen LogP contribution in [0.15, 0.2) is 78.2 Å². The summed E-state index contributed by atoms with van der Waals surface area (Å²) in [6, 6.07) is 17.4. The number of nitrogens with one attached hydrogen (secondary N) is 2. The molecule has 1 unspecified atom stereocenters. The number of fused-ring (bicyclic) bond motifs is 3. The van der Waals surface area contributed by atoms with E-state index >= 15 is 0 Å². The molecule has 3 aromatic heterocycles.